The van der Waals surface area contributed by atoms with Crippen LogP contribution in [-0.4, -0.2) is 10.9 Å². The van der Waals surface area contributed by atoms with E-state index in [4.69, 9.17) is 5.73 Å². The van der Waals surface area contributed by atoms with Gasteiger partial charge >= 0.3 is 0 Å². The van der Waals surface area contributed by atoms with Gasteiger partial charge in [-0.1, -0.05) is 12.1 Å². The molecule has 4 nitrogen and oxygen atoms in total. The summed E-state index contributed by atoms with van der Waals surface area (Å²) in [6.07, 6.45) is 2.82. The number of hydrogen-bond donors (Lipinski definition) is 2. The van der Waals surface area contributed by atoms with Crippen molar-refractivity contribution in [3.8, 4) is 0 Å². The lowest BCUT2D eigenvalue weighted by molar-refractivity contribution is -0.116. The van der Waals surface area contributed by atoms with E-state index in [0.717, 1.165) is 11.3 Å². The second-order valence-electron chi connectivity index (χ2n) is 3.63. The van der Waals surface area contributed by atoms with Crippen LogP contribution in [0.2, 0.25) is 0 Å². The van der Waals surface area contributed by atoms with Crippen molar-refractivity contribution in [1.29, 1.82) is 0 Å². The van der Waals surface area contributed by atoms with Crippen molar-refractivity contribution in [2.24, 2.45) is 0 Å². The highest BCUT2D eigenvalue weighted by Crippen LogP contribution is 2.12. The van der Waals surface area contributed by atoms with Crippen LogP contribution >= 0.6 is 11.3 Å². The van der Waals surface area contributed by atoms with Crippen LogP contribution in [-0.2, 0) is 11.2 Å². The summed E-state index contributed by atoms with van der Waals surface area (Å²) in [5.41, 5.74) is 7.43. The number of aromatic nitrogens is 1. The quantitative estimate of drug-likeness (QED) is 0.814. The molecule has 17 heavy (non-hydrogen) atoms. The highest BCUT2D eigenvalue weighted by molar-refractivity contribution is 7.13. The predicted molar refractivity (Wildman–Crippen MR) is 69.9 cm³/mol. The minimum atomic E-state index is -0.0169. The fraction of sp³-hybridized carbons (Fsp3) is 0.167. The molecule has 0 saturated carbocycles. The van der Waals surface area contributed by atoms with Crippen molar-refractivity contribution in [2.75, 3.05) is 11.1 Å². The fourth-order valence-corrected chi connectivity index (χ4v) is 1.95. The standard InChI is InChI=1S/C12H13N3OS/c13-10-4-1-9(2-5-10)3-6-11(16)15-12-14-7-8-17-12/h1-2,4-5,7-8H,3,6,13H2,(H,14,15,16). The van der Waals surface area contributed by atoms with Gasteiger partial charge in [-0.15, -0.1) is 11.3 Å². The number of nitrogens with zero attached hydrogens (tertiary/aromatic N) is 1. The second kappa shape index (κ2) is 5.45. The molecule has 0 radical (unpaired) electrons. The molecule has 0 unspecified atom stereocenters. The maximum Gasteiger partial charge on any atom is 0.226 e. The van der Waals surface area contributed by atoms with Crippen molar-refractivity contribution in [2.45, 2.75) is 12.8 Å². The molecule has 0 spiro atoms. The largest absolute Gasteiger partial charge is 0.399 e. The number of benzene rings is 1. The number of thiazole rings is 1. The average Bonchev–Trinajstić information content (AvgIpc) is 2.81. The van der Waals surface area contributed by atoms with E-state index < -0.39 is 0 Å². The molecule has 0 aliphatic rings. The molecular formula is C12H13N3OS. The molecule has 88 valence electrons. The van der Waals surface area contributed by atoms with Gasteiger partial charge in [0.1, 0.15) is 0 Å². The smallest absolute Gasteiger partial charge is 0.226 e. The van der Waals surface area contributed by atoms with Crippen molar-refractivity contribution >= 4 is 28.1 Å². The zero-order valence-corrected chi connectivity index (χ0v) is 10.0. The molecule has 1 aromatic heterocycles. The Kier molecular flexibility index (Phi) is 3.72. The van der Waals surface area contributed by atoms with Crippen LogP contribution in [0.1, 0.15) is 12.0 Å². The number of amides is 1. The Morgan fingerprint density at radius 2 is 2.12 bits per heavy atom. The summed E-state index contributed by atoms with van der Waals surface area (Å²) in [5, 5.41) is 5.22. The van der Waals surface area contributed by atoms with Crippen LogP contribution < -0.4 is 11.1 Å². The number of nitrogens with one attached hydrogen (secondary N) is 1. The fourth-order valence-electron chi connectivity index (χ4n) is 1.41. The van der Waals surface area contributed by atoms with E-state index in [1.807, 2.05) is 29.6 Å². The van der Waals surface area contributed by atoms with Crippen molar-refractivity contribution in [1.82, 2.24) is 4.98 Å². The van der Waals surface area contributed by atoms with E-state index in [1.165, 1.54) is 11.3 Å². The first kappa shape index (κ1) is 11.6. The molecule has 2 aromatic rings. The molecule has 2 rings (SSSR count). The summed E-state index contributed by atoms with van der Waals surface area (Å²) in [7, 11) is 0. The minimum absolute atomic E-state index is 0.0169. The number of nitrogens with two attached hydrogens (primary N) is 1. The van der Waals surface area contributed by atoms with E-state index >= 15 is 0 Å². The van der Waals surface area contributed by atoms with Crippen LogP contribution in [0.4, 0.5) is 10.8 Å². The molecule has 0 atom stereocenters. The monoisotopic (exact) mass is 247 g/mol. The Labute approximate surface area is 103 Å². The SMILES string of the molecule is Nc1ccc(CCC(=O)Nc2nccs2)cc1. The first-order chi connectivity index (χ1) is 8.24. The maximum absolute atomic E-state index is 11.6. The summed E-state index contributed by atoms with van der Waals surface area (Å²) in [6.45, 7) is 0. The Morgan fingerprint density at radius 1 is 1.35 bits per heavy atom. The molecule has 0 bridgehead atoms. The lowest BCUT2D eigenvalue weighted by Crippen LogP contribution is -2.11. The Hall–Kier alpha value is -1.88. The molecule has 1 aromatic carbocycles. The highest BCUT2D eigenvalue weighted by atomic mass is 32.1. The lowest BCUT2D eigenvalue weighted by atomic mass is 10.1. The average molecular weight is 247 g/mol. The molecule has 5 heteroatoms. The summed E-state index contributed by atoms with van der Waals surface area (Å²) in [6, 6.07) is 7.56. The molecule has 1 amide bonds. The highest BCUT2D eigenvalue weighted by Gasteiger charge is 2.04. The molecule has 0 saturated heterocycles. The van der Waals surface area contributed by atoms with E-state index in [9.17, 15) is 4.79 Å². The van der Waals surface area contributed by atoms with Gasteiger partial charge in [-0.3, -0.25) is 4.79 Å². The molecular weight excluding hydrogens is 234 g/mol. The van der Waals surface area contributed by atoms with Gasteiger partial charge in [0.2, 0.25) is 5.91 Å². The summed E-state index contributed by atoms with van der Waals surface area (Å²) >= 11 is 1.42. The third-order valence-corrected chi connectivity index (χ3v) is 2.99. The summed E-state index contributed by atoms with van der Waals surface area (Å²) < 4.78 is 0. The van der Waals surface area contributed by atoms with Gasteiger partial charge < -0.3 is 11.1 Å². The van der Waals surface area contributed by atoms with Crippen LogP contribution in [0.5, 0.6) is 0 Å². The van der Waals surface area contributed by atoms with Gasteiger partial charge in [-0.25, -0.2) is 4.98 Å². The van der Waals surface area contributed by atoms with Crippen LogP contribution in [0.15, 0.2) is 35.8 Å². The first-order valence-electron chi connectivity index (χ1n) is 5.28. The van der Waals surface area contributed by atoms with Gasteiger partial charge in [-0.2, -0.15) is 0 Å². The van der Waals surface area contributed by atoms with Crippen molar-refractivity contribution in [3.63, 3.8) is 0 Å². The van der Waals surface area contributed by atoms with Crippen LogP contribution in [0.25, 0.3) is 0 Å². The Morgan fingerprint density at radius 3 is 2.76 bits per heavy atom. The van der Waals surface area contributed by atoms with E-state index in [1.54, 1.807) is 6.20 Å². The van der Waals surface area contributed by atoms with Gasteiger partial charge in [-0.05, 0) is 24.1 Å². The molecule has 0 aliphatic carbocycles. The number of anilines is 2. The van der Waals surface area contributed by atoms with Crippen molar-refractivity contribution < 1.29 is 4.79 Å². The van der Waals surface area contributed by atoms with Gasteiger partial charge in [0, 0.05) is 23.7 Å². The van der Waals surface area contributed by atoms with E-state index in [0.29, 0.717) is 18.0 Å². The molecule has 3 N–H and O–H groups in total. The third kappa shape index (κ3) is 3.57. The van der Waals surface area contributed by atoms with Gasteiger partial charge in [0.15, 0.2) is 5.13 Å². The van der Waals surface area contributed by atoms with Crippen LogP contribution in [0.3, 0.4) is 0 Å². The molecule has 0 aliphatic heterocycles. The number of carbonyl (C=O) groups is 1. The van der Waals surface area contributed by atoms with E-state index in [2.05, 4.69) is 10.3 Å². The Balaban J connectivity index is 1.82. The zero-order chi connectivity index (χ0) is 12.1. The number of aryl methyl sites for hydroxylation is 1. The summed E-state index contributed by atoms with van der Waals surface area (Å²) in [5.74, 6) is -0.0169. The first-order valence-corrected chi connectivity index (χ1v) is 6.16. The van der Waals surface area contributed by atoms with Gasteiger partial charge in [0.05, 0.1) is 0 Å². The van der Waals surface area contributed by atoms with Crippen molar-refractivity contribution in [3.05, 3.63) is 41.4 Å². The number of carbonyl (C=O) groups excluding carboxylic acids is 1. The summed E-state index contributed by atoms with van der Waals surface area (Å²) in [4.78, 5) is 15.6. The van der Waals surface area contributed by atoms with Gasteiger partial charge in [0.25, 0.3) is 0 Å². The number of rotatable bonds is 4. The molecule has 0 fully saturated rings. The van der Waals surface area contributed by atoms with E-state index in [-0.39, 0.29) is 5.91 Å². The zero-order valence-electron chi connectivity index (χ0n) is 9.22. The lowest BCUT2D eigenvalue weighted by Gasteiger charge is -2.02. The number of hydrogen-bond acceptors (Lipinski definition) is 4. The number of nitrogen functional groups attached to an aromatic ring is 1. The second-order valence-corrected chi connectivity index (χ2v) is 4.52. The topological polar surface area (TPSA) is 68.0 Å². The normalized spacial score (nSPS) is 10.1. The minimum Gasteiger partial charge on any atom is -0.399 e. The Bertz CT molecular complexity index is 479. The predicted octanol–water partition coefficient (Wildman–Crippen LogP) is 2.30. The maximum atomic E-state index is 11.6. The molecule has 1 heterocycles. The third-order valence-electron chi connectivity index (χ3n) is 2.30. The van der Waals surface area contributed by atoms with Crippen LogP contribution in [0, 0.1) is 0 Å².